The molecular weight excluding hydrogens is 466 g/mol. The molecule has 2 aromatic carbocycles. The first-order valence-electron chi connectivity index (χ1n) is 10.7. The number of anilines is 1. The van der Waals surface area contributed by atoms with Crippen molar-refractivity contribution >= 4 is 31.6 Å². The summed E-state index contributed by atoms with van der Waals surface area (Å²) in [5.74, 6) is -0.0220. The average Bonchev–Trinajstić information content (AvgIpc) is 3.42. The minimum atomic E-state index is -3.84. The van der Waals surface area contributed by atoms with Crippen molar-refractivity contribution in [2.75, 3.05) is 36.8 Å². The van der Waals surface area contributed by atoms with E-state index < -0.39 is 26.0 Å². The lowest BCUT2D eigenvalue weighted by Gasteiger charge is -2.28. The highest BCUT2D eigenvalue weighted by Gasteiger charge is 2.36. The third-order valence-electron chi connectivity index (χ3n) is 6.01. The molecule has 2 aliphatic rings. The van der Waals surface area contributed by atoms with Crippen LogP contribution in [0.4, 0.5) is 5.69 Å². The molecule has 1 atom stereocenters. The molecule has 0 saturated carbocycles. The largest absolute Gasteiger partial charge is 0.497 e. The van der Waals surface area contributed by atoms with Crippen LogP contribution < -0.4 is 13.8 Å². The summed E-state index contributed by atoms with van der Waals surface area (Å²) in [6, 6.07) is 12.8. The minimum absolute atomic E-state index is 0.00481. The molecule has 0 spiro atoms. The van der Waals surface area contributed by atoms with Gasteiger partial charge in [-0.25, -0.2) is 25.9 Å². The molecule has 33 heavy (non-hydrogen) atoms. The summed E-state index contributed by atoms with van der Waals surface area (Å²) in [6.45, 7) is 1.98. The van der Waals surface area contributed by atoms with E-state index in [4.69, 9.17) is 4.74 Å². The zero-order chi connectivity index (χ0) is 23.6. The molecule has 11 heteroatoms. The second kappa shape index (κ2) is 9.41. The second-order valence-corrected chi connectivity index (χ2v) is 11.8. The summed E-state index contributed by atoms with van der Waals surface area (Å²) in [4.78, 5) is 14.2. The molecule has 1 amide bonds. The molecular formula is C22H27N3O6S2. The van der Waals surface area contributed by atoms with Crippen LogP contribution in [-0.2, 0) is 24.8 Å². The van der Waals surface area contributed by atoms with Gasteiger partial charge in [-0.15, -0.1) is 0 Å². The molecule has 4 rings (SSSR count). The number of sulfonamides is 2. The molecule has 9 nitrogen and oxygen atoms in total. The van der Waals surface area contributed by atoms with Gasteiger partial charge in [-0.2, -0.15) is 0 Å². The number of likely N-dealkylation sites (tertiary alicyclic amines) is 1. The van der Waals surface area contributed by atoms with Gasteiger partial charge < -0.3 is 4.74 Å². The Kier molecular flexibility index (Phi) is 6.76. The maximum atomic E-state index is 13.0. The number of carbonyl (C=O) groups excluding carboxylic acids is 1. The fourth-order valence-corrected chi connectivity index (χ4v) is 6.74. The molecule has 2 saturated heterocycles. The highest BCUT2D eigenvalue weighted by Crippen LogP contribution is 2.28. The van der Waals surface area contributed by atoms with Crippen molar-refractivity contribution in [3.63, 3.8) is 0 Å². The molecule has 178 valence electrons. The van der Waals surface area contributed by atoms with Crippen molar-refractivity contribution in [2.45, 2.75) is 30.2 Å². The Bertz CT molecular complexity index is 1210. The molecule has 0 aromatic heterocycles. The highest BCUT2D eigenvalue weighted by atomic mass is 32.2. The van der Waals surface area contributed by atoms with E-state index in [1.165, 1.54) is 24.3 Å². The van der Waals surface area contributed by atoms with Crippen molar-refractivity contribution in [3.05, 3.63) is 54.1 Å². The first kappa shape index (κ1) is 23.7. The predicted octanol–water partition coefficient (Wildman–Crippen LogP) is 1.88. The summed E-state index contributed by atoms with van der Waals surface area (Å²) in [5, 5.41) is 0. The number of nitrogens with one attached hydrogen (secondary N) is 1. The minimum Gasteiger partial charge on any atom is -0.497 e. The molecule has 1 N–H and O–H groups in total. The van der Waals surface area contributed by atoms with E-state index in [1.54, 1.807) is 7.11 Å². The number of benzene rings is 2. The van der Waals surface area contributed by atoms with Gasteiger partial charge >= 0.3 is 0 Å². The van der Waals surface area contributed by atoms with Gasteiger partial charge in [-0.05, 0) is 67.9 Å². The average molecular weight is 494 g/mol. The molecule has 0 bridgehead atoms. The monoisotopic (exact) mass is 493 g/mol. The molecule has 1 unspecified atom stereocenters. The zero-order valence-electron chi connectivity index (χ0n) is 18.3. The summed E-state index contributed by atoms with van der Waals surface area (Å²) < 4.78 is 58.8. The van der Waals surface area contributed by atoms with E-state index in [-0.39, 0.29) is 35.3 Å². The highest BCUT2D eigenvalue weighted by molar-refractivity contribution is 7.94. The maximum absolute atomic E-state index is 13.0. The number of amides is 1. The molecule has 2 aliphatic heterocycles. The SMILES string of the molecule is COc1ccc(C(CNS(=O)(=O)c2ccc(N3C(=O)CCS3(=O)=O)cc2)N2CCCC2)cc1. The molecule has 0 aliphatic carbocycles. The maximum Gasteiger partial charge on any atom is 0.242 e. The van der Waals surface area contributed by atoms with E-state index in [9.17, 15) is 21.6 Å². The van der Waals surface area contributed by atoms with Gasteiger partial charge in [0.15, 0.2) is 0 Å². The van der Waals surface area contributed by atoms with Crippen molar-refractivity contribution < 1.29 is 26.4 Å². The summed E-state index contributed by atoms with van der Waals surface area (Å²) >= 11 is 0. The first-order chi connectivity index (χ1) is 15.7. The van der Waals surface area contributed by atoms with E-state index in [0.29, 0.717) is 0 Å². The Labute approximate surface area is 194 Å². The third-order valence-corrected chi connectivity index (χ3v) is 9.14. The lowest BCUT2D eigenvalue weighted by Crippen LogP contribution is -2.36. The number of hydrogen-bond acceptors (Lipinski definition) is 7. The smallest absolute Gasteiger partial charge is 0.242 e. The van der Waals surface area contributed by atoms with Crippen LogP contribution in [0.2, 0.25) is 0 Å². The van der Waals surface area contributed by atoms with Gasteiger partial charge in [0.25, 0.3) is 0 Å². The van der Waals surface area contributed by atoms with Crippen molar-refractivity contribution in [1.29, 1.82) is 0 Å². The van der Waals surface area contributed by atoms with E-state index in [1.807, 2.05) is 24.3 Å². The predicted molar refractivity (Wildman–Crippen MR) is 124 cm³/mol. The van der Waals surface area contributed by atoms with E-state index in [0.717, 1.165) is 41.5 Å². The van der Waals surface area contributed by atoms with Crippen molar-refractivity contribution in [2.24, 2.45) is 0 Å². The van der Waals surface area contributed by atoms with Gasteiger partial charge in [-0.3, -0.25) is 9.69 Å². The number of ether oxygens (including phenoxy) is 1. The van der Waals surface area contributed by atoms with Crippen LogP contribution in [0.5, 0.6) is 5.75 Å². The van der Waals surface area contributed by atoms with Crippen LogP contribution in [0.3, 0.4) is 0 Å². The normalized spacial score (nSPS) is 19.7. The topological polar surface area (TPSA) is 113 Å². The summed E-state index contributed by atoms with van der Waals surface area (Å²) in [6.07, 6.45) is 2.06. The van der Waals surface area contributed by atoms with E-state index in [2.05, 4.69) is 9.62 Å². The zero-order valence-corrected chi connectivity index (χ0v) is 19.9. The van der Waals surface area contributed by atoms with Crippen LogP contribution in [0.1, 0.15) is 30.9 Å². The Morgan fingerprint density at radius 3 is 2.21 bits per heavy atom. The van der Waals surface area contributed by atoms with Gasteiger partial charge in [0.05, 0.1) is 23.4 Å². The lowest BCUT2D eigenvalue weighted by atomic mass is 10.1. The number of methoxy groups -OCH3 is 1. The quantitative estimate of drug-likeness (QED) is 0.597. The van der Waals surface area contributed by atoms with E-state index >= 15 is 0 Å². The fourth-order valence-electron chi connectivity index (χ4n) is 4.24. The van der Waals surface area contributed by atoms with Crippen LogP contribution in [-0.4, -0.2) is 60.1 Å². The summed E-state index contributed by atoms with van der Waals surface area (Å²) in [7, 11) is -5.94. The lowest BCUT2D eigenvalue weighted by molar-refractivity contribution is -0.116. The number of carbonyl (C=O) groups is 1. The van der Waals surface area contributed by atoms with Gasteiger partial charge in [0.2, 0.25) is 26.0 Å². The van der Waals surface area contributed by atoms with Crippen LogP contribution in [0.25, 0.3) is 0 Å². The summed E-state index contributed by atoms with van der Waals surface area (Å²) in [5.41, 5.74) is 1.14. The Balaban J connectivity index is 1.51. The van der Waals surface area contributed by atoms with Gasteiger partial charge in [0, 0.05) is 19.0 Å². The van der Waals surface area contributed by atoms with Gasteiger partial charge in [0.1, 0.15) is 5.75 Å². The fraction of sp³-hybridized carbons (Fsp3) is 0.409. The Morgan fingerprint density at radius 1 is 1.03 bits per heavy atom. The van der Waals surface area contributed by atoms with Crippen molar-refractivity contribution in [1.82, 2.24) is 9.62 Å². The number of hydrogen-bond donors (Lipinski definition) is 1. The number of rotatable bonds is 8. The third kappa shape index (κ3) is 5.06. The molecule has 2 fully saturated rings. The Morgan fingerprint density at radius 2 is 1.67 bits per heavy atom. The van der Waals surface area contributed by atoms with Crippen LogP contribution >= 0.6 is 0 Å². The van der Waals surface area contributed by atoms with Crippen LogP contribution in [0, 0.1) is 0 Å². The Hall–Kier alpha value is -2.47. The molecule has 2 heterocycles. The standard InChI is InChI=1S/C22H27N3O6S2/c1-31-19-8-4-17(5-9-19)21(24-13-2-3-14-24)16-23-33(29,30)20-10-6-18(7-11-20)25-22(26)12-15-32(25,27)28/h4-11,21,23H,2-3,12-16H2,1H3. The van der Waals surface area contributed by atoms with Crippen LogP contribution in [0.15, 0.2) is 53.4 Å². The molecule has 2 aromatic rings. The first-order valence-corrected chi connectivity index (χ1v) is 13.8. The second-order valence-electron chi connectivity index (χ2n) is 8.10. The molecule has 0 radical (unpaired) electrons. The number of nitrogens with zero attached hydrogens (tertiary/aromatic N) is 2. The van der Waals surface area contributed by atoms with Crippen molar-refractivity contribution in [3.8, 4) is 5.75 Å². The van der Waals surface area contributed by atoms with Gasteiger partial charge in [-0.1, -0.05) is 12.1 Å².